The van der Waals surface area contributed by atoms with Crippen molar-refractivity contribution < 1.29 is 4.39 Å². The molecule has 0 N–H and O–H groups in total. The second kappa shape index (κ2) is 49700. The molecule has 0 nitrogen and oxygen atoms in total. The molecule has 0 aromatic rings. The topological polar surface area (TPSA) is 0 Å². The summed E-state index contributed by atoms with van der Waals surface area (Å²) < 4.78 is 9.50. The lowest BCUT2D eigenvalue weighted by molar-refractivity contribution is 0.636. The summed E-state index contributed by atoms with van der Waals surface area (Å²) >= 11 is 0. The van der Waals surface area contributed by atoms with E-state index in [4.69, 9.17) is 0 Å². The molecule has 0 amide bonds. The summed E-state index contributed by atoms with van der Waals surface area (Å²) in [5, 5.41) is 0. The predicted octanol–water partition coefficient (Wildman–Crippen LogP) is 3.66. The quantitative estimate of drug-likeness (QED) is 0.462. The zero-order valence-electron chi connectivity index (χ0n) is 7.38. The van der Waals surface area contributed by atoms with Crippen molar-refractivity contribution in [3.63, 3.8) is 0 Å². The third kappa shape index (κ3) is 29400. The Bertz CT molecular complexity index is 4.35. The Hall–Kier alpha value is -0.0700. The van der Waals surface area contributed by atoms with Gasteiger partial charge in [0, 0.05) is 0 Å². The molecule has 0 aliphatic rings. The first-order chi connectivity index (χ1) is 4.00. The van der Waals surface area contributed by atoms with Crippen LogP contribution in [0.3, 0.4) is 0 Å². The summed E-state index contributed by atoms with van der Waals surface area (Å²) in [5.41, 5.74) is 0. The van der Waals surface area contributed by atoms with E-state index in [1.54, 1.807) is 0 Å². The van der Waals surface area contributed by atoms with Gasteiger partial charge in [0.2, 0.25) is 0 Å². The van der Waals surface area contributed by atoms with E-state index in [2.05, 4.69) is 0 Å². The average Bonchev–Trinajstić information content (AvgIpc) is 2.03. The number of halogens is 1. The van der Waals surface area contributed by atoms with Gasteiger partial charge in [-0.25, -0.2) is 0 Å². The molecule has 8 heavy (non-hydrogen) atoms. The smallest absolute Gasteiger partial charge is 0.0785 e. The van der Waals surface area contributed by atoms with Gasteiger partial charge >= 0.3 is 0 Å². The average molecular weight is 124 g/mol. The van der Waals surface area contributed by atoms with Crippen molar-refractivity contribution in [1.82, 2.24) is 0 Å². The highest BCUT2D eigenvalue weighted by molar-refractivity contribution is 3.51. The first kappa shape index (κ1) is 24.7. The van der Waals surface area contributed by atoms with Crippen LogP contribution in [0.5, 0.6) is 0 Å². The SMILES string of the molecule is CC.CC.CC.CF. The van der Waals surface area contributed by atoms with Crippen molar-refractivity contribution in [1.29, 1.82) is 0 Å². The van der Waals surface area contributed by atoms with Crippen LogP contribution in [-0.4, -0.2) is 7.18 Å². The van der Waals surface area contributed by atoms with Crippen LogP contribution in [0.25, 0.3) is 0 Å². The zero-order chi connectivity index (χ0) is 8.00. The van der Waals surface area contributed by atoms with Gasteiger partial charge in [-0.3, -0.25) is 4.39 Å². The van der Waals surface area contributed by atoms with Crippen LogP contribution in [0.2, 0.25) is 0 Å². The lowest BCUT2D eigenvalue weighted by Crippen LogP contribution is -0.939. The minimum Gasteiger partial charge on any atom is -0.255 e. The van der Waals surface area contributed by atoms with E-state index in [0.29, 0.717) is 7.18 Å². The van der Waals surface area contributed by atoms with Gasteiger partial charge in [0.1, 0.15) is 0 Å². The third-order valence-electron chi connectivity index (χ3n) is 0. The summed E-state index contributed by atoms with van der Waals surface area (Å²) in [4.78, 5) is 0. The van der Waals surface area contributed by atoms with Crippen LogP contribution in [-0.2, 0) is 0 Å². The molecule has 0 bridgehead atoms. The Morgan fingerprint density at radius 1 is 0.500 bits per heavy atom. The molecule has 0 atom stereocenters. The second-order valence-electron chi connectivity index (χ2n) is 0. The van der Waals surface area contributed by atoms with Gasteiger partial charge in [-0.1, -0.05) is 41.5 Å². The highest BCUT2D eigenvalue weighted by atomic mass is 19.1. The Labute approximate surface area is 54.1 Å². The van der Waals surface area contributed by atoms with Gasteiger partial charge in [0.25, 0.3) is 0 Å². The van der Waals surface area contributed by atoms with Gasteiger partial charge in [0.15, 0.2) is 0 Å². The summed E-state index contributed by atoms with van der Waals surface area (Å²) in [5.74, 6) is 0. The molecule has 0 aliphatic carbocycles. The van der Waals surface area contributed by atoms with E-state index in [9.17, 15) is 4.39 Å². The van der Waals surface area contributed by atoms with E-state index >= 15 is 0 Å². The number of hydrogen-bond donors (Lipinski definition) is 0. The lowest BCUT2D eigenvalue weighted by Gasteiger charge is -1.10. The van der Waals surface area contributed by atoms with E-state index in [-0.39, 0.29) is 0 Å². The monoisotopic (exact) mass is 124 g/mol. The third-order valence-corrected chi connectivity index (χ3v) is 0. The van der Waals surface area contributed by atoms with Gasteiger partial charge < -0.3 is 0 Å². The number of rotatable bonds is 0. The van der Waals surface area contributed by atoms with E-state index in [1.807, 2.05) is 41.5 Å². The molecule has 0 fully saturated rings. The van der Waals surface area contributed by atoms with Crippen LogP contribution in [0, 0.1) is 0 Å². The molecular formula is C7H21F. The molecule has 0 rings (SSSR count). The molecule has 0 aliphatic heterocycles. The standard InChI is InChI=1S/3C2H6.CH3F/c4*1-2/h3*1-2H3;1H3. The molecule has 0 aromatic carbocycles. The Morgan fingerprint density at radius 3 is 0.500 bits per heavy atom. The molecule has 1 heteroatoms. The molecule has 0 aromatic heterocycles. The molecule has 0 unspecified atom stereocenters. The van der Waals surface area contributed by atoms with E-state index < -0.39 is 0 Å². The van der Waals surface area contributed by atoms with Crippen molar-refractivity contribution in [2.24, 2.45) is 0 Å². The Balaban J connectivity index is -0.0000000133. The molecule has 56 valence electrons. The van der Waals surface area contributed by atoms with Crippen molar-refractivity contribution in [3.8, 4) is 0 Å². The van der Waals surface area contributed by atoms with Gasteiger partial charge in [-0.2, -0.15) is 0 Å². The fourth-order valence-electron chi connectivity index (χ4n) is 0. The maximum atomic E-state index is 9.50. The highest BCUT2D eigenvalue weighted by Crippen LogP contribution is 1.16. The van der Waals surface area contributed by atoms with Crippen LogP contribution in [0.1, 0.15) is 41.5 Å². The normalized spacial score (nSPS) is 3.00. The first-order valence-electron chi connectivity index (χ1n) is 3.38. The minimum atomic E-state index is 0.500. The lowest BCUT2D eigenvalue weighted by atomic mass is 11.0. The predicted molar refractivity (Wildman–Crippen MR) is 41.1 cm³/mol. The van der Waals surface area contributed by atoms with Crippen LogP contribution < -0.4 is 0 Å². The summed E-state index contributed by atoms with van der Waals surface area (Å²) in [6.07, 6.45) is 0. The van der Waals surface area contributed by atoms with Gasteiger partial charge in [-0.15, -0.1) is 0 Å². The molecule has 0 heterocycles. The van der Waals surface area contributed by atoms with Gasteiger partial charge in [-0.05, 0) is 0 Å². The molecule has 0 saturated heterocycles. The fourth-order valence-corrected chi connectivity index (χ4v) is 0. The summed E-state index contributed by atoms with van der Waals surface area (Å²) in [6.45, 7) is 12.0. The van der Waals surface area contributed by atoms with Crippen molar-refractivity contribution in [3.05, 3.63) is 0 Å². The van der Waals surface area contributed by atoms with Crippen molar-refractivity contribution in [2.75, 3.05) is 7.18 Å². The maximum Gasteiger partial charge on any atom is 0.0785 e. The molecule has 0 spiro atoms. The van der Waals surface area contributed by atoms with Gasteiger partial charge in [0.05, 0.1) is 7.18 Å². The second-order valence-corrected chi connectivity index (χ2v) is 0. The first-order valence-corrected chi connectivity index (χ1v) is 3.38. The van der Waals surface area contributed by atoms with Crippen molar-refractivity contribution >= 4 is 0 Å². The molecule has 0 saturated carbocycles. The largest absolute Gasteiger partial charge is 0.255 e. The Morgan fingerprint density at radius 2 is 0.500 bits per heavy atom. The summed E-state index contributed by atoms with van der Waals surface area (Å²) in [6, 6.07) is 0. The van der Waals surface area contributed by atoms with Crippen LogP contribution >= 0.6 is 0 Å². The van der Waals surface area contributed by atoms with Crippen molar-refractivity contribution in [2.45, 2.75) is 41.5 Å². The van der Waals surface area contributed by atoms with Crippen LogP contribution in [0.15, 0.2) is 0 Å². The summed E-state index contributed by atoms with van der Waals surface area (Å²) in [7, 11) is 0.500. The number of alkyl halides is 1. The highest BCUT2D eigenvalue weighted by Gasteiger charge is 0.937. The van der Waals surface area contributed by atoms with E-state index in [0.717, 1.165) is 0 Å². The molecule has 0 radical (unpaired) electrons. The minimum absolute atomic E-state index is 0.500. The van der Waals surface area contributed by atoms with E-state index in [1.165, 1.54) is 0 Å². The number of hydrogen-bond acceptors (Lipinski definition) is 0. The maximum absolute atomic E-state index is 9.50. The van der Waals surface area contributed by atoms with Crippen LogP contribution in [0.4, 0.5) is 4.39 Å². The fraction of sp³-hybridized carbons (Fsp3) is 1.00. The Kier molecular flexibility index (Phi) is 153000. The molecular weight excluding hydrogens is 103 g/mol. The zero-order valence-corrected chi connectivity index (χ0v) is 7.38.